The van der Waals surface area contributed by atoms with Gasteiger partial charge in [0, 0.05) is 30.2 Å². The highest BCUT2D eigenvalue weighted by Crippen LogP contribution is 2.28. The van der Waals surface area contributed by atoms with Crippen molar-refractivity contribution in [2.45, 2.75) is 32.3 Å². The molecule has 6 heteroatoms. The van der Waals surface area contributed by atoms with Gasteiger partial charge in [-0.2, -0.15) is 0 Å². The van der Waals surface area contributed by atoms with Crippen LogP contribution in [0.3, 0.4) is 0 Å². The summed E-state index contributed by atoms with van der Waals surface area (Å²) < 4.78 is 5.40. The second kappa shape index (κ2) is 8.43. The van der Waals surface area contributed by atoms with E-state index in [-0.39, 0.29) is 12.1 Å². The Labute approximate surface area is 136 Å². The Morgan fingerprint density at radius 2 is 2.13 bits per heavy atom. The van der Waals surface area contributed by atoms with Crippen molar-refractivity contribution in [3.63, 3.8) is 0 Å². The van der Waals surface area contributed by atoms with E-state index in [1.54, 1.807) is 7.11 Å². The van der Waals surface area contributed by atoms with Crippen LogP contribution >= 0.6 is 0 Å². The number of benzene rings is 1. The second-order valence-electron chi connectivity index (χ2n) is 5.48. The average molecular weight is 319 g/mol. The molecule has 2 aromatic rings. The maximum atomic E-state index is 11.7. The molecule has 1 atom stereocenters. The Kier molecular flexibility index (Phi) is 6.29. The van der Waals surface area contributed by atoms with Gasteiger partial charge in [0.05, 0.1) is 13.2 Å². The molecule has 1 aromatic carbocycles. The molecule has 0 aliphatic heterocycles. The van der Waals surface area contributed by atoms with Crippen molar-refractivity contribution in [1.29, 1.82) is 0 Å². The molecule has 0 aliphatic rings. The summed E-state index contributed by atoms with van der Waals surface area (Å²) in [5, 5.41) is 16.1. The number of hydrogen-bond acceptors (Lipinski definition) is 3. The Morgan fingerprint density at radius 1 is 1.35 bits per heavy atom. The number of urea groups is 1. The van der Waals surface area contributed by atoms with Gasteiger partial charge in [0.1, 0.15) is 5.75 Å². The van der Waals surface area contributed by atoms with Gasteiger partial charge in [0.25, 0.3) is 0 Å². The first-order valence-corrected chi connectivity index (χ1v) is 7.98. The van der Waals surface area contributed by atoms with Crippen LogP contribution < -0.4 is 15.4 Å². The van der Waals surface area contributed by atoms with E-state index in [1.807, 2.05) is 31.3 Å². The highest BCUT2D eigenvalue weighted by molar-refractivity contribution is 5.89. The maximum Gasteiger partial charge on any atom is 0.314 e. The minimum absolute atomic E-state index is 0.208. The number of ether oxygens (including phenoxy) is 1. The second-order valence-corrected chi connectivity index (χ2v) is 5.48. The molecule has 6 nitrogen and oxygen atoms in total. The van der Waals surface area contributed by atoms with Crippen LogP contribution in [0.2, 0.25) is 0 Å². The van der Waals surface area contributed by atoms with E-state index in [2.05, 4.69) is 15.6 Å². The van der Waals surface area contributed by atoms with Crippen molar-refractivity contribution in [2.24, 2.45) is 0 Å². The van der Waals surface area contributed by atoms with E-state index < -0.39 is 0 Å². The molecule has 0 saturated carbocycles. The third-order valence-electron chi connectivity index (χ3n) is 3.88. The monoisotopic (exact) mass is 319 g/mol. The molecule has 0 saturated heterocycles. The third-order valence-corrected chi connectivity index (χ3v) is 3.88. The molecule has 0 aliphatic carbocycles. The van der Waals surface area contributed by atoms with Crippen molar-refractivity contribution in [2.75, 3.05) is 20.2 Å². The number of H-pyrrole nitrogens is 1. The maximum absolute atomic E-state index is 11.7. The summed E-state index contributed by atoms with van der Waals surface area (Å²) in [6, 6.07) is 5.66. The average Bonchev–Trinajstić information content (AvgIpc) is 2.98. The van der Waals surface area contributed by atoms with E-state index in [4.69, 9.17) is 4.74 Å². The van der Waals surface area contributed by atoms with Gasteiger partial charge in [-0.15, -0.1) is 0 Å². The van der Waals surface area contributed by atoms with Gasteiger partial charge in [-0.3, -0.25) is 0 Å². The van der Waals surface area contributed by atoms with Crippen LogP contribution in [0.4, 0.5) is 4.79 Å². The minimum atomic E-state index is -0.353. The lowest BCUT2D eigenvalue weighted by Crippen LogP contribution is -2.37. The lowest BCUT2D eigenvalue weighted by atomic mass is 10.1. The summed E-state index contributed by atoms with van der Waals surface area (Å²) in [6.45, 7) is 2.93. The highest BCUT2D eigenvalue weighted by Gasteiger charge is 2.09. The smallest absolute Gasteiger partial charge is 0.314 e. The molecule has 1 unspecified atom stereocenters. The van der Waals surface area contributed by atoms with E-state index in [9.17, 15) is 9.90 Å². The summed E-state index contributed by atoms with van der Waals surface area (Å²) in [4.78, 5) is 14.9. The molecule has 2 amide bonds. The van der Waals surface area contributed by atoms with E-state index in [0.29, 0.717) is 32.4 Å². The molecule has 0 spiro atoms. The quantitative estimate of drug-likeness (QED) is 0.601. The van der Waals surface area contributed by atoms with Crippen LogP contribution in [0.15, 0.2) is 24.4 Å². The molecular weight excluding hydrogens is 294 g/mol. The standard InChI is InChI=1S/C17H25N3O3/c1-3-13(21)8-10-19-17(22)18-9-7-12-11-20-14-5-4-6-15(23-2)16(12)14/h4-6,11,13,20-21H,3,7-10H2,1-2H3,(H2,18,19,22). The van der Waals surface area contributed by atoms with E-state index in [1.165, 1.54) is 0 Å². The van der Waals surface area contributed by atoms with Crippen LogP contribution in [0.25, 0.3) is 10.9 Å². The number of methoxy groups -OCH3 is 1. The number of hydrogen-bond donors (Lipinski definition) is 4. The van der Waals surface area contributed by atoms with Crippen LogP contribution in [0.5, 0.6) is 5.75 Å². The molecule has 1 heterocycles. The lowest BCUT2D eigenvalue weighted by Gasteiger charge is -2.10. The number of rotatable bonds is 8. The van der Waals surface area contributed by atoms with Crippen molar-refractivity contribution in [1.82, 2.24) is 15.6 Å². The Balaban J connectivity index is 1.81. The predicted molar refractivity (Wildman–Crippen MR) is 90.9 cm³/mol. The van der Waals surface area contributed by atoms with Gasteiger partial charge in [-0.25, -0.2) is 4.79 Å². The minimum Gasteiger partial charge on any atom is -0.496 e. The van der Waals surface area contributed by atoms with E-state index >= 15 is 0 Å². The fraction of sp³-hybridized carbons (Fsp3) is 0.471. The number of aromatic amines is 1. The number of aliphatic hydroxyl groups excluding tert-OH is 1. The summed E-state index contributed by atoms with van der Waals surface area (Å²) >= 11 is 0. The van der Waals surface area contributed by atoms with Gasteiger partial charge < -0.3 is 25.5 Å². The predicted octanol–water partition coefficient (Wildman–Crippen LogP) is 2.18. The third kappa shape index (κ3) is 4.63. The number of aliphatic hydroxyl groups is 1. The molecule has 23 heavy (non-hydrogen) atoms. The highest BCUT2D eigenvalue weighted by atomic mass is 16.5. The molecule has 126 valence electrons. The van der Waals surface area contributed by atoms with Crippen molar-refractivity contribution >= 4 is 16.9 Å². The zero-order valence-corrected chi connectivity index (χ0v) is 13.7. The first-order valence-electron chi connectivity index (χ1n) is 7.98. The number of aromatic nitrogens is 1. The summed E-state index contributed by atoms with van der Waals surface area (Å²) in [7, 11) is 1.65. The van der Waals surface area contributed by atoms with Crippen LogP contribution in [-0.4, -0.2) is 42.4 Å². The normalized spacial score (nSPS) is 12.1. The van der Waals surface area contributed by atoms with Gasteiger partial charge in [0.2, 0.25) is 0 Å². The van der Waals surface area contributed by atoms with E-state index in [0.717, 1.165) is 22.2 Å². The van der Waals surface area contributed by atoms with Crippen LogP contribution in [0, 0.1) is 0 Å². The van der Waals surface area contributed by atoms with Crippen molar-refractivity contribution in [3.8, 4) is 5.75 Å². The van der Waals surface area contributed by atoms with Gasteiger partial charge >= 0.3 is 6.03 Å². The summed E-state index contributed by atoms with van der Waals surface area (Å²) in [5.41, 5.74) is 2.14. The molecular formula is C17H25N3O3. The van der Waals surface area contributed by atoms with Gasteiger partial charge in [-0.05, 0) is 37.0 Å². The number of carbonyl (C=O) groups excluding carboxylic acids is 1. The number of carbonyl (C=O) groups is 1. The first-order chi connectivity index (χ1) is 11.2. The Bertz CT molecular complexity index is 639. The SMILES string of the molecule is CCC(O)CCNC(=O)NCCc1c[nH]c2cccc(OC)c12. The number of amides is 2. The largest absolute Gasteiger partial charge is 0.496 e. The summed E-state index contributed by atoms with van der Waals surface area (Å²) in [6.07, 6.45) is 3.58. The molecule has 0 radical (unpaired) electrons. The summed E-state index contributed by atoms with van der Waals surface area (Å²) in [5.74, 6) is 0.830. The first kappa shape index (κ1) is 17.1. The fourth-order valence-electron chi connectivity index (χ4n) is 2.52. The van der Waals surface area contributed by atoms with Gasteiger partial charge in [0.15, 0.2) is 0 Å². The van der Waals surface area contributed by atoms with Gasteiger partial charge in [-0.1, -0.05) is 13.0 Å². The Hall–Kier alpha value is -2.21. The molecule has 2 rings (SSSR count). The fourth-order valence-corrected chi connectivity index (χ4v) is 2.52. The molecule has 1 aromatic heterocycles. The van der Waals surface area contributed by atoms with Crippen molar-refractivity contribution < 1.29 is 14.6 Å². The zero-order chi connectivity index (χ0) is 16.7. The van der Waals surface area contributed by atoms with Crippen molar-refractivity contribution in [3.05, 3.63) is 30.0 Å². The van der Waals surface area contributed by atoms with Crippen LogP contribution in [-0.2, 0) is 6.42 Å². The zero-order valence-electron chi connectivity index (χ0n) is 13.7. The topological polar surface area (TPSA) is 86.4 Å². The molecule has 0 bridgehead atoms. The number of fused-ring (bicyclic) bond motifs is 1. The molecule has 4 N–H and O–H groups in total. The number of nitrogens with one attached hydrogen (secondary N) is 3. The van der Waals surface area contributed by atoms with Crippen LogP contribution in [0.1, 0.15) is 25.3 Å². The Morgan fingerprint density at radius 3 is 2.87 bits per heavy atom. The molecule has 0 fully saturated rings. The lowest BCUT2D eigenvalue weighted by molar-refractivity contribution is 0.160.